The van der Waals surface area contributed by atoms with E-state index in [-0.39, 0.29) is 18.4 Å². The Balaban J connectivity index is 2.04. The number of amides is 1. The molecule has 0 spiro atoms. The number of nitrogens with zero attached hydrogens (tertiary/aromatic N) is 1. The third-order valence-electron chi connectivity index (χ3n) is 3.20. The van der Waals surface area contributed by atoms with E-state index in [4.69, 9.17) is 0 Å². The van der Waals surface area contributed by atoms with Crippen molar-refractivity contribution >= 4 is 21.8 Å². The van der Waals surface area contributed by atoms with Gasteiger partial charge in [-0.25, -0.2) is 4.98 Å². The normalized spacial score (nSPS) is 12.0. The Morgan fingerprint density at radius 1 is 1.29 bits per heavy atom. The number of aliphatic hydroxyl groups excluding tert-OH is 1. The Bertz CT molecular complexity index is 617. The lowest BCUT2D eigenvalue weighted by Crippen LogP contribution is -2.30. The van der Waals surface area contributed by atoms with Crippen LogP contribution in [-0.2, 0) is 0 Å². The molecule has 1 aromatic heterocycles. The van der Waals surface area contributed by atoms with Gasteiger partial charge in [0.2, 0.25) is 0 Å². The first-order chi connectivity index (χ1) is 10.1. The Morgan fingerprint density at radius 2 is 2.00 bits per heavy atom. The van der Waals surface area contributed by atoms with Crippen molar-refractivity contribution in [1.82, 2.24) is 10.3 Å². The number of halogens is 1. The minimum Gasteiger partial charge on any atom is -0.396 e. The number of hydrogen-bond acceptors (Lipinski definition) is 3. The molecule has 4 nitrogen and oxygen atoms in total. The van der Waals surface area contributed by atoms with Crippen LogP contribution in [0.4, 0.5) is 0 Å². The first kappa shape index (κ1) is 15.7. The molecule has 1 atom stereocenters. The predicted octanol–water partition coefficient (Wildman–Crippen LogP) is 2.66. The number of carbonyl (C=O) groups is 1. The van der Waals surface area contributed by atoms with Gasteiger partial charge in [0.05, 0.1) is 6.61 Å². The van der Waals surface area contributed by atoms with Crippen LogP contribution in [0.1, 0.15) is 27.7 Å². The number of rotatable bonds is 5. The molecule has 0 aliphatic heterocycles. The number of aromatic nitrogens is 1. The van der Waals surface area contributed by atoms with E-state index >= 15 is 0 Å². The van der Waals surface area contributed by atoms with Crippen molar-refractivity contribution in [3.8, 4) is 0 Å². The summed E-state index contributed by atoms with van der Waals surface area (Å²) in [5.74, 6) is -0.376. The van der Waals surface area contributed by atoms with Crippen molar-refractivity contribution in [3.05, 3.63) is 63.9 Å². The van der Waals surface area contributed by atoms with Gasteiger partial charge in [-0.1, -0.05) is 30.3 Å². The zero-order valence-corrected chi connectivity index (χ0v) is 13.3. The fourth-order valence-corrected chi connectivity index (χ4v) is 2.41. The molecule has 0 bridgehead atoms. The van der Waals surface area contributed by atoms with E-state index in [1.807, 2.05) is 43.3 Å². The molecule has 21 heavy (non-hydrogen) atoms. The maximum atomic E-state index is 12.2. The average molecular weight is 349 g/mol. The van der Waals surface area contributed by atoms with Gasteiger partial charge in [-0.05, 0) is 40.5 Å². The molecule has 2 rings (SSSR count). The van der Waals surface area contributed by atoms with Crippen LogP contribution in [0.25, 0.3) is 0 Å². The molecule has 5 heteroatoms. The van der Waals surface area contributed by atoms with Crippen molar-refractivity contribution in [2.75, 3.05) is 13.2 Å². The maximum absolute atomic E-state index is 12.2. The number of hydrogen-bond donors (Lipinski definition) is 2. The zero-order valence-electron chi connectivity index (χ0n) is 11.7. The summed E-state index contributed by atoms with van der Waals surface area (Å²) in [6.45, 7) is 2.18. The average Bonchev–Trinajstić information content (AvgIpc) is 2.51. The van der Waals surface area contributed by atoms with Crippen molar-refractivity contribution in [2.24, 2.45) is 0 Å². The van der Waals surface area contributed by atoms with Crippen molar-refractivity contribution in [1.29, 1.82) is 0 Å². The first-order valence-electron chi connectivity index (χ1n) is 6.69. The van der Waals surface area contributed by atoms with Gasteiger partial charge in [-0.2, -0.15) is 0 Å². The van der Waals surface area contributed by atoms with Gasteiger partial charge in [-0.3, -0.25) is 4.79 Å². The topological polar surface area (TPSA) is 62.2 Å². The fourth-order valence-electron chi connectivity index (χ4n) is 2.01. The molecule has 110 valence electrons. The molecule has 0 saturated carbocycles. The van der Waals surface area contributed by atoms with E-state index in [1.54, 1.807) is 6.07 Å². The molecule has 0 aliphatic carbocycles. The molecule has 0 aliphatic rings. The molecular weight excluding hydrogens is 332 g/mol. The SMILES string of the molecule is Cc1ccc(Br)c(C(=O)NCC(CO)c2ccccc2)n1. The molecule has 1 amide bonds. The summed E-state index contributed by atoms with van der Waals surface area (Å²) in [4.78, 5) is 16.4. The fraction of sp³-hybridized carbons (Fsp3) is 0.250. The highest BCUT2D eigenvalue weighted by molar-refractivity contribution is 9.10. The van der Waals surface area contributed by atoms with Crippen LogP contribution in [0.15, 0.2) is 46.9 Å². The predicted molar refractivity (Wildman–Crippen MR) is 85.3 cm³/mol. The van der Waals surface area contributed by atoms with E-state index in [1.165, 1.54) is 0 Å². The molecule has 2 N–H and O–H groups in total. The minimum absolute atomic E-state index is 0.0211. The lowest BCUT2D eigenvalue weighted by Gasteiger charge is -2.15. The van der Waals surface area contributed by atoms with E-state index in [0.29, 0.717) is 16.7 Å². The molecule has 1 aromatic carbocycles. The van der Waals surface area contributed by atoms with Crippen LogP contribution in [0.3, 0.4) is 0 Å². The molecule has 1 unspecified atom stereocenters. The van der Waals surface area contributed by atoms with Crippen molar-refractivity contribution < 1.29 is 9.90 Å². The highest BCUT2D eigenvalue weighted by Crippen LogP contribution is 2.16. The van der Waals surface area contributed by atoms with Crippen LogP contribution in [0, 0.1) is 6.92 Å². The van der Waals surface area contributed by atoms with Gasteiger partial charge < -0.3 is 10.4 Å². The van der Waals surface area contributed by atoms with Crippen molar-refractivity contribution in [3.63, 3.8) is 0 Å². The van der Waals surface area contributed by atoms with Gasteiger partial charge in [0, 0.05) is 22.6 Å². The summed E-state index contributed by atoms with van der Waals surface area (Å²) in [7, 11) is 0. The van der Waals surface area contributed by atoms with Crippen LogP contribution < -0.4 is 5.32 Å². The third-order valence-corrected chi connectivity index (χ3v) is 3.84. The van der Waals surface area contributed by atoms with Crippen LogP contribution in [0.2, 0.25) is 0 Å². The van der Waals surface area contributed by atoms with Gasteiger partial charge in [-0.15, -0.1) is 0 Å². The minimum atomic E-state index is -0.250. The monoisotopic (exact) mass is 348 g/mol. The van der Waals surface area contributed by atoms with E-state index in [9.17, 15) is 9.90 Å². The number of aryl methyl sites for hydroxylation is 1. The van der Waals surface area contributed by atoms with Gasteiger partial charge in [0.15, 0.2) is 0 Å². The number of benzene rings is 1. The number of nitrogens with one attached hydrogen (secondary N) is 1. The zero-order chi connectivity index (χ0) is 15.2. The van der Waals surface area contributed by atoms with Crippen LogP contribution in [0.5, 0.6) is 0 Å². The second-order valence-corrected chi connectivity index (χ2v) is 5.64. The Kier molecular flexibility index (Phi) is 5.47. The van der Waals surface area contributed by atoms with Crippen LogP contribution >= 0.6 is 15.9 Å². The summed E-state index contributed by atoms with van der Waals surface area (Å²) in [5, 5.41) is 12.3. The molecule has 0 fully saturated rings. The molecule has 0 radical (unpaired) electrons. The standard InChI is InChI=1S/C16H17BrN2O2/c1-11-7-8-14(17)15(19-11)16(21)18-9-13(10-20)12-5-3-2-4-6-12/h2-8,13,20H,9-10H2,1H3,(H,18,21). The lowest BCUT2D eigenvalue weighted by molar-refractivity contribution is 0.0941. The molecular formula is C16H17BrN2O2. The number of aliphatic hydroxyl groups is 1. The largest absolute Gasteiger partial charge is 0.396 e. The highest BCUT2D eigenvalue weighted by Gasteiger charge is 2.15. The molecule has 2 aromatic rings. The highest BCUT2D eigenvalue weighted by atomic mass is 79.9. The lowest BCUT2D eigenvalue weighted by atomic mass is 10.00. The van der Waals surface area contributed by atoms with E-state index in [2.05, 4.69) is 26.2 Å². The summed E-state index contributed by atoms with van der Waals surface area (Å²) < 4.78 is 0.658. The summed E-state index contributed by atoms with van der Waals surface area (Å²) in [6.07, 6.45) is 0. The quantitative estimate of drug-likeness (QED) is 0.873. The Labute approximate surface area is 132 Å². The van der Waals surface area contributed by atoms with E-state index in [0.717, 1.165) is 11.3 Å². The van der Waals surface area contributed by atoms with E-state index < -0.39 is 0 Å². The Morgan fingerprint density at radius 3 is 2.67 bits per heavy atom. The first-order valence-corrected chi connectivity index (χ1v) is 7.48. The van der Waals surface area contributed by atoms with Gasteiger partial charge in [0.25, 0.3) is 5.91 Å². The van der Waals surface area contributed by atoms with Gasteiger partial charge in [0.1, 0.15) is 5.69 Å². The smallest absolute Gasteiger partial charge is 0.271 e. The van der Waals surface area contributed by atoms with Gasteiger partial charge >= 0.3 is 0 Å². The second-order valence-electron chi connectivity index (χ2n) is 4.78. The number of carbonyl (C=O) groups excluding carboxylic acids is 1. The number of pyridine rings is 1. The second kappa shape index (κ2) is 7.33. The molecule has 0 saturated heterocycles. The molecule has 1 heterocycles. The summed E-state index contributed by atoms with van der Waals surface area (Å²) in [6, 6.07) is 13.3. The maximum Gasteiger partial charge on any atom is 0.271 e. The van der Waals surface area contributed by atoms with Crippen LogP contribution in [-0.4, -0.2) is 29.1 Å². The summed E-state index contributed by atoms with van der Waals surface area (Å²) >= 11 is 3.33. The summed E-state index contributed by atoms with van der Waals surface area (Å²) in [5.41, 5.74) is 2.14. The van der Waals surface area contributed by atoms with Crippen molar-refractivity contribution in [2.45, 2.75) is 12.8 Å². The third kappa shape index (κ3) is 4.12. The Hall–Kier alpha value is -1.72.